The van der Waals surface area contributed by atoms with Crippen LogP contribution in [0.3, 0.4) is 0 Å². The minimum atomic E-state index is -3.79. The number of hydrogen-bond donors (Lipinski definition) is 2. The molecule has 3 rings (SSSR count). The number of benzene rings is 1. The first-order chi connectivity index (χ1) is 9.89. The van der Waals surface area contributed by atoms with Crippen molar-refractivity contribution in [2.24, 2.45) is 5.92 Å². The van der Waals surface area contributed by atoms with Crippen LogP contribution < -0.4 is 5.73 Å². The Hall–Kier alpha value is -1.60. The first-order valence-electron chi connectivity index (χ1n) is 7.04. The van der Waals surface area contributed by atoms with E-state index < -0.39 is 16.0 Å². The minimum Gasteiger partial charge on any atom is -0.478 e. The van der Waals surface area contributed by atoms with Crippen molar-refractivity contribution in [3.8, 4) is 0 Å². The molecule has 3 N–H and O–H groups in total. The van der Waals surface area contributed by atoms with Gasteiger partial charge in [0.2, 0.25) is 10.0 Å². The number of carboxylic acid groups (broad SMARTS) is 1. The molecule has 0 spiro atoms. The highest BCUT2D eigenvalue weighted by molar-refractivity contribution is 7.89. The maximum absolute atomic E-state index is 12.8. The molecule has 0 aliphatic heterocycles. The Labute approximate surface area is 123 Å². The van der Waals surface area contributed by atoms with Gasteiger partial charge in [0, 0.05) is 18.3 Å². The zero-order valence-electron chi connectivity index (χ0n) is 11.5. The summed E-state index contributed by atoms with van der Waals surface area (Å²) in [6.45, 7) is 0.496. The summed E-state index contributed by atoms with van der Waals surface area (Å²) in [5, 5.41) is 9.25. The zero-order chi connectivity index (χ0) is 15.2. The van der Waals surface area contributed by atoms with Gasteiger partial charge in [0.05, 0.1) is 10.5 Å². The van der Waals surface area contributed by atoms with E-state index in [4.69, 9.17) is 5.73 Å². The summed E-state index contributed by atoms with van der Waals surface area (Å²) >= 11 is 0. The molecule has 2 aliphatic rings. The fourth-order valence-corrected chi connectivity index (χ4v) is 4.35. The molecule has 7 heteroatoms. The summed E-state index contributed by atoms with van der Waals surface area (Å²) < 4.78 is 27.2. The van der Waals surface area contributed by atoms with Gasteiger partial charge >= 0.3 is 5.97 Å². The minimum absolute atomic E-state index is 0.0230. The van der Waals surface area contributed by atoms with Gasteiger partial charge in [-0.3, -0.25) is 0 Å². The van der Waals surface area contributed by atoms with Crippen LogP contribution >= 0.6 is 0 Å². The number of sulfonamides is 1. The third kappa shape index (κ3) is 2.89. The molecule has 1 aromatic rings. The molecule has 0 aromatic heterocycles. The molecule has 0 amide bonds. The Morgan fingerprint density at radius 1 is 1.29 bits per heavy atom. The van der Waals surface area contributed by atoms with Crippen LogP contribution in [0.25, 0.3) is 0 Å². The van der Waals surface area contributed by atoms with Crippen LogP contribution in [0.5, 0.6) is 0 Å². The molecule has 0 saturated heterocycles. The zero-order valence-corrected chi connectivity index (χ0v) is 12.3. The largest absolute Gasteiger partial charge is 0.478 e. The van der Waals surface area contributed by atoms with E-state index in [0.717, 1.165) is 25.7 Å². The van der Waals surface area contributed by atoms with E-state index in [-0.39, 0.29) is 22.2 Å². The smallest absolute Gasteiger partial charge is 0.337 e. The summed E-state index contributed by atoms with van der Waals surface area (Å²) in [6, 6.07) is 3.96. The standard InChI is InChI=1S/C14H18N2O4S/c15-10-3-6-13(12(7-10)14(17)18)21(19,20)16(11-4-5-11)8-9-1-2-9/h3,6-7,9,11H,1-2,4-5,8,15H2,(H,17,18). The van der Waals surface area contributed by atoms with Gasteiger partial charge in [0.1, 0.15) is 0 Å². The number of carboxylic acids is 1. The van der Waals surface area contributed by atoms with Crippen molar-refractivity contribution in [1.29, 1.82) is 0 Å². The van der Waals surface area contributed by atoms with Crippen LogP contribution in [0, 0.1) is 5.92 Å². The van der Waals surface area contributed by atoms with E-state index in [0.29, 0.717) is 12.5 Å². The quantitative estimate of drug-likeness (QED) is 0.776. The Bertz CT molecular complexity index is 678. The summed E-state index contributed by atoms with van der Waals surface area (Å²) in [5.74, 6) is -0.856. The van der Waals surface area contributed by atoms with E-state index in [1.807, 2.05) is 0 Å². The second-order valence-electron chi connectivity index (χ2n) is 5.81. The Kier molecular flexibility index (Phi) is 3.41. The summed E-state index contributed by atoms with van der Waals surface area (Å²) in [6.07, 6.45) is 3.80. The number of carbonyl (C=O) groups is 1. The predicted octanol–water partition coefficient (Wildman–Crippen LogP) is 1.53. The monoisotopic (exact) mass is 310 g/mol. The van der Waals surface area contributed by atoms with Crippen molar-refractivity contribution in [2.45, 2.75) is 36.6 Å². The summed E-state index contributed by atoms with van der Waals surface area (Å²) in [7, 11) is -3.79. The van der Waals surface area contributed by atoms with Gasteiger partial charge in [-0.15, -0.1) is 0 Å². The number of anilines is 1. The highest BCUT2D eigenvalue weighted by Gasteiger charge is 2.42. The number of nitrogens with zero attached hydrogens (tertiary/aromatic N) is 1. The maximum atomic E-state index is 12.8. The van der Waals surface area contributed by atoms with Crippen LogP contribution in [-0.2, 0) is 10.0 Å². The second-order valence-corrected chi connectivity index (χ2v) is 7.67. The molecule has 2 fully saturated rings. The average Bonchev–Trinajstić information content (AvgIpc) is 3.27. The highest BCUT2D eigenvalue weighted by atomic mass is 32.2. The third-order valence-corrected chi connectivity index (χ3v) is 5.89. The third-order valence-electron chi connectivity index (χ3n) is 3.91. The van der Waals surface area contributed by atoms with Crippen LogP contribution in [0.1, 0.15) is 36.0 Å². The number of aromatic carboxylic acids is 1. The lowest BCUT2D eigenvalue weighted by Gasteiger charge is -2.22. The number of rotatable bonds is 6. The summed E-state index contributed by atoms with van der Waals surface area (Å²) in [5.41, 5.74) is 5.56. The predicted molar refractivity (Wildman–Crippen MR) is 77.5 cm³/mol. The van der Waals surface area contributed by atoms with Crippen molar-refractivity contribution in [2.75, 3.05) is 12.3 Å². The highest BCUT2D eigenvalue weighted by Crippen LogP contribution is 2.38. The van der Waals surface area contributed by atoms with Crippen molar-refractivity contribution in [3.05, 3.63) is 23.8 Å². The van der Waals surface area contributed by atoms with E-state index in [1.165, 1.54) is 22.5 Å². The lowest BCUT2D eigenvalue weighted by atomic mass is 10.2. The number of nitrogen functional groups attached to an aromatic ring is 1. The number of nitrogens with two attached hydrogens (primary N) is 1. The molecular weight excluding hydrogens is 292 g/mol. The molecule has 0 heterocycles. The van der Waals surface area contributed by atoms with Crippen LogP contribution in [0.15, 0.2) is 23.1 Å². The molecular formula is C14H18N2O4S. The van der Waals surface area contributed by atoms with Gasteiger partial charge in [0.15, 0.2) is 0 Å². The van der Waals surface area contributed by atoms with E-state index in [1.54, 1.807) is 0 Å². The fraction of sp³-hybridized carbons (Fsp3) is 0.500. The lowest BCUT2D eigenvalue weighted by molar-refractivity contribution is 0.0692. The van der Waals surface area contributed by atoms with E-state index in [9.17, 15) is 18.3 Å². The lowest BCUT2D eigenvalue weighted by Crippen LogP contribution is -2.35. The molecule has 0 radical (unpaired) electrons. The van der Waals surface area contributed by atoms with Crippen LogP contribution in [-0.4, -0.2) is 36.4 Å². The van der Waals surface area contributed by atoms with Crippen LogP contribution in [0.2, 0.25) is 0 Å². The van der Waals surface area contributed by atoms with Crippen molar-refractivity contribution in [3.63, 3.8) is 0 Å². The SMILES string of the molecule is Nc1ccc(S(=O)(=O)N(CC2CC2)C2CC2)c(C(=O)O)c1. The first kappa shape index (κ1) is 14.3. The van der Waals surface area contributed by atoms with Gasteiger partial charge < -0.3 is 10.8 Å². The Morgan fingerprint density at radius 3 is 2.48 bits per heavy atom. The van der Waals surface area contributed by atoms with E-state index in [2.05, 4.69) is 0 Å². The topological polar surface area (TPSA) is 101 Å². The molecule has 0 unspecified atom stereocenters. The molecule has 2 saturated carbocycles. The average molecular weight is 310 g/mol. The first-order valence-corrected chi connectivity index (χ1v) is 8.48. The Balaban J connectivity index is 2.01. The number of hydrogen-bond acceptors (Lipinski definition) is 4. The maximum Gasteiger partial charge on any atom is 0.337 e. The van der Waals surface area contributed by atoms with Gasteiger partial charge in [-0.25, -0.2) is 13.2 Å². The summed E-state index contributed by atoms with van der Waals surface area (Å²) in [4.78, 5) is 11.2. The fourth-order valence-electron chi connectivity index (χ4n) is 2.43. The van der Waals surface area contributed by atoms with Gasteiger partial charge in [0.25, 0.3) is 0 Å². The Morgan fingerprint density at radius 2 is 1.95 bits per heavy atom. The van der Waals surface area contributed by atoms with Crippen molar-refractivity contribution in [1.82, 2.24) is 4.31 Å². The van der Waals surface area contributed by atoms with Crippen molar-refractivity contribution >= 4 is 21.7 Å². The normalized spacial score (nSPS) is 18.9. The molecule has 2 aliphatic carbocycles. The van der Waals surface area contributed by atoms with Gasteiger partial charge in [-0.2, -0.15) is 4.31 Å². The molecule has 6 nitrogen and oxygen atoms in total. The van der Waals surface area contributed by atoms with E-state index >= 15 is 0 Å². The van der Waals surface area contributed by atoms with Gasteiger partial charge in [-0.05, 0) is 49.8 Å². The molecule has 21 heavy (non-hydrogen) atoms. The molecule has 114 valence electrons. The second kappa shape index (κ2) is 4.99. The molecule has 0 atom stereocenters. The van der Waals surface area contributed by atoms with Crippen molar-refractivity contribution < 1.29 is 18.3 Å². The molecule has 0 bridgehead atoms. The van der Waals surface area contributed by atoms with Crippen LogP contribution in [0.4, 0.5) is 5.69 Å². The van der Waals surface area contributed by atoms with Gasteiger partial charge in [-0.1, -0.05) is 0 Å². The molecule has 1 aromatic carbocycles.